The topological polar surface area (TPSA) is 70.5 Å². The summed E-state index contributed by atoms with van der Waals surface area (Å²) in [6.45, 7) is 10.2. The van der Waals surface area contributed by atoms with E-state index in [1.807, 2.05) is 13.8 Å². The highest BCUT2D eigenvalue weighted by molar-refractivity contribution is 4.59. The Morgan fingerprint density at radius 1 is 1.06 bits per heavy atom. The molecule has 0 saturated carbocycles. The quantitative estimate of drug-likeness (QED) is 0.228. The molecule has 6 heteroatoms. The summed E-state index contributed by atoms with van der Waals surface area (Å²) in [7, 11) is 0. The lowest BCUT2D eigenvalue weighted by molar-refractivity contribution is 0.0826. The maximum atomic E-state index is 8.18. The molecule has 0 aromatic carbocycles. The van der Waals surface area contributed by atoms with Crippen LogP contribution in [0.1, 0.15) is 20.3 Å². The number of nitrogens with zero attached hydrogens (tertiary/aromatic N) is 4. The Balaban J connectivity index is 3.70. The summed E-state index contributed by atoms with van der Waals surface area (Å²) in [5, 5.41) is 3.53. The summed E-state index contributed by atoms with van der Waals surface area (Å²) in [4.78, 5) is 5.02. The molecule has 0 bridgehead atoms. The lowest BCUT2D eigenvalue weighted by Gasteiger charge is -2.21. The van der Waals surface area contributed by atoms with Crippen molar-refractivity contribution in [3.05, 3.63) is 10.4 Å². The second kappa shape index (κ2) is 13.3. The summed E-state index contributed by atoms with van der Waals surface area (Å²) in [5.74, 6) is 0. The van der Waals surface area contributed by atoms with E-state index in [9.17, 15) is 0 Å². The Labute approximate surface area is 104 Å². The van der Waals surface area contributed by atoms with E-state index in [4.69, 9.17) is 15.0 Å². The van der Waals surface area contributed by atoms with Gasteiger partial charge in [-0.3, -0.25) is 4.90 Å². The fraction of sp³-hybridized carbons (Fsp3) is 1.00. The van der Waals surface area contributed by atoms with Gasteiger partial charge in [-0.2, -0.15) is 0 Å². The Bertz CT molecular complexity index is 198. The second-order valence-corrected chi connectivity index (χ2v) is 3.54. The lowest BCUT2D eigenvalue weighted by atomic mass is 10.3. The summed E-state index contributed by atoms with van der Waals surface area (Å²) in [6, 6.07) is 0. The van der Waals surface area contributed by atoms with Gasteiger partial charge in [0, 0.05) is 37.8 Å². The van der Waals surface area contributed by atoms with Crippen LogP contribution in [0.4, 0.5) is 0 Å². The van der Waals surface area contributed by atoms with Crippen molar-refractivity contribution in [2.24, 2.45) is 5.11 Å². The van der Waals surface area contributed by atoms with Gasteiger partial charge >= 0.3 is 0 Å². The standard InChI is InChI=1S/C11H24N4O2/c1-3-16-10-8-15(9-11-17-4-2)7-5-6-13-14-12/h3-11H2,1-2H3. The van der Waals surface area contributed by atoms with Gasteiger partial charge in [0.05, 0.1) is 13.2 Å². The zero-order valence-corrected chi connectivity index (χ0v) is 11.0. The summed E-state index contributed by atoms with van der Waals surface area (Å²) in [6.07, 6.45) is 0.877. The molecular weight excluding hydrogens is 220 g/mol. The average Bonchev–Trinajstić information content (AvgIpc) is 2.34. The first-order valence-electron chi connectivity index (χ1n) is 6.23. The van der Waals surface area contributed by atoms with Crippen molar-refractivity contribution in [1.29, 1.82) is 0 Å². The van der Waals surface area contributed by atoms with Crippen molar-refractivity contribution in [3.8, 4) is 0 Å². The molecule has 0 N–H and O–H groups in total. The molecule has 0 atom stereocenters. The molecule has 100 valence electrons. The van der Waals surface area contributed by atoms with Gasteiger partial charge in [0.2, 0.25) is 0 Å². The van der Waals surface area contributed by atoms with E-state index in [-0.39, 0.29) is 0 Å². The van der Waals surface area contributed by atoms with Crippen LogP contribution in [0.15, 0.2) is 5.11 Å². The monoisotopic (exact) mass is 244 g/mol. The largest absolute Gasteiger partial charge is 0.380 e. The molecule has 0 radical (unpaired) electrons. The minimum atomic E-state index is 0.552. The molecule has 0 aliphatic carbocycles. The summed E-state index contributed by atoms with van der Waals surface area (Å²) < 4.78 is 10.7. The van der Waals surface area contributed by atoms with Crippen molar-refractivity contribution in [2.45, 2.75) is 20.3 Å². The van der Waals surface area contributed by atoms with Gasteiger partial charge in [-0.1, -0.05) is 5.11 Å². The Morgan fingerprint density at radius 2 is 1.65 bits per heavy atom. The molecule has 6 nitrogen and oxygen atoms in total. The van der Waals surface area contributed by atoms with Crippen LogP contribution in [0, 0.1) is 0 Å². The zero-order valence-electron chi connectivity index (χ0n) is 11.0. The maximum absolute atomic E-state index is 8.18. The van der Waals surface area contributed by atoms with Crippen molar-refractivity contribution >= 4 is 0 Å². The fourth-order valence-corrected chi connectivity index (χ4v) is 1.42. The summed E-state index contributed by atoms with van der Waals surface area (Å²) >= 11 is 0. The average molecular weight is 244 g/mol. The third kappa shape index (κ3) is 11.5. The first kappa shape index (κ1) is 16.2. The van der Waals surface area contributed by atoms with Crippen LogP contribution in [0.25, 0.3) is 10.4 Å². The van der Waals surface area contributed by atoms with E-state index in [0.29, 0.717) is 6.54 Å². The molecule has 0 aromatic heterocycles. The number of hydrogen-bond donors (Lipinski definition) is 0. The highest BCUT2D eigenvalue weighted by atomic mass is 16.5. The van der Waals surface area contributed by atoms with E-state index in [1.54, 1.807) is 0 Å². The normalized spacial score (nSPS) is 10.5. The van der Waals surface area contributed by atoms with Crippen molar-refractivity contribution in [2.75, 3.05) is 52.6 Å². The zero-order chi connectivity index (χ0) is 12.8. The fourth-order valence-electron chi connectivity index (χ4n) is 1.42. The van der Waals surface area contributed by atoms with Crippen LogP contribution in [0.3, 0.4) is 0 Å². The molecule has 0 heterocycles. The van der Waals surface area contributed by atoms with Crippen LogP contribution < -0.4 is 0 Å². The van der Waals surface area contributed by atoms with Gasteiger partial charge < -0.3 is 9.47 Å². The molecule has 0 saturated heterocycles. The van der Waals surface area contributed by atoms with E-state index in [1.165, 1.54) is 0 Å². The first-order valence-corrected chi connectivity index (χ1v) is 6.23. The van der Waals surface area contributed by atoms with Gasteiger partial charge in [-0.15, -0.1) is 0 Å². The van der Waals surface area contributed by atoms with E-state index in [0.717, 1.165) is 52.5 Å². The van der Waals surface area contributed by atoms with Gasteiger partial charge in [0.15, 0.2) is 0 Å². The lowest BCUT2D eigenvalue weighted by Crippen LogP contribution is -2.32. The van der Waals surface area contributed by atoms with Gasteiger partial charge in [-0.25, -0.2) is 0 Å². The molecule has 17 heavy (non-hydrogen) atoms. The molecular formula is C11H24N4O2. The Hall–Kier alpha value is -0.810. The van der Waals surface area contributed by atoms with Crippen LogP contribution in [0.2, 0.25) is 0 Å². The smallest absolute Gasteiger partial charge is 0.0593 e. The highest BCUT2D eigenvalue weighted by Crippen LogP contribution is 1.94. The molecule has 0 aromatic rings. The Kier molecular flexibility index (Phi) is 12.6. The van der Waals surface area contributed by atoms with Crippen LogP contribution >= 0.6 is 0 Å². The number of azide groups is 1. The third-order valence-corrected chi connectivity index (χ3v) is 2.31. The van der Waals surface area contributed by atoms with E-state index in [2.05, 4.69) is 14.9 Å². The van der Waals surface area contributed by atoms with Gasteiger partial charge in [0.25, 0.3) is 0 Å². The third-order valence-electron chi connectivity index (χ3n) is 2.31. The minimum absolute atomic E-state index is 0.552. The first-order chi connectivity index (χ1) is 8.35. The number of hydrogen-bond acceptors (Lipinski definition) is 4. The van der Waals surface area contributed by atoms with Crippen LogP contribution in [-0.2, 0) is 9.47 Å². The van der Waals surface area contributed by atoms with E-state index < -0.39 is 0 Å². The summed E-state index contributed by atoms with van der Waals surface area (Å²) in [5.41, 5.74) is 8.18. The van der Waals surface area contributed by atoms with Crippen LogP contribution in [0.5, 0.6) is 0 Å². The molecule has 0 amide bonds. The van der Waals surface area contributed by atoms with Crippen molar-refractivity contribution in [3.63, 3.8) is 0 Å². The van der Waals surface area contributed by atoms with Gasteiger partial charge in [0.1, 0.15) is 0 Å². The SMILES string of the molecule is CCOCCN(CCCN=[N+]=[N-])CCOCC. The minimum Gasteiger partial charge on any atom is -0.380 e. The van der Waals surface area contributed by atoms with Crippen molar-refractivity contribution < 1.29 is 9.47 Å². The highest BCUT2D eigenvalue weighted by Gasteiger charge is 2.03. The predicted molar refractivity (Wildman–Crippen MR) is 68.1 cm³/mol. The number of rotatable bonds is 12. The number of ether oxygens (including phenoxy) is 2. The molecule has 0 fully saturated rings. The van der Waals surface area contributed by atoms with Crippen LogP contribution in [-0.4, -0.2) is 57.5 Å². The molecule has 0 unspecified atom stereocenters. The predicted octanol–water partition coefficient (Wildman–Crippen LogP) is 2.06. The Morgan fingerprint density at radius 3 is 2.12 bits per heavy atom. The molecule has 0 rings (SSSR count). The van der Waals surface area contributed by atoms with E-state index >= 15 is 0 Å². The molecule has 0 aliphatic heterocycles. The van der Waals surface area contributed by atoms with Crippen molar-refractivity contribution in [1.82, 2.24) is 4.90 Å². The maximum Gasteiger partial charge on any atom is 0.0593 e. The molecule has 0 spiro atoms. The van der Waals surface area contributed by atoms with Gasteiger partial charge in [-0.05, 0) is 32.3 Å². The molecule has 0 aliphatic rings. The second-order valence-electron chi connectivity index (χ2n) is 3.54.